The molecule has 1 N–H and O–H groups in total. The van der Waals surface area contributed by atoms with Crippen molar-refractivity contribution in [3.63, 3.8) is 0 Å². The number of carbonyl (C=O) groups excluding carboxylic acids is 2. The molecule has 0 fully saturated rings. The number of carbonyl (C=O) groups is 2. The van der Waals surface area contributed by atoms with E-state index in [1.165, 1.54) is 18.2 Å². The van der Waals surface area contributed by atoms with E-state index < -0.39 is 23.4 Å². The van der Waals surface area contributed by atoms with Crippen molar-refractivity contribution < 1.29 is 24.0 Å². The third-order valence-electron chi connectivity index (χ3n) is 3.44. The van der Waals surface area contributed by atoms with Crippen molar-refractivity contribution in [3.8, 4) is 5.75 Å². The minimum Gasteiger partial charge on any atom is -0.490 e. The number of nitrogens with zero attached hydrogens (tertiary/aromatic N) is 1. The first-order chi connectivity index (χ1) is 13.9. The molecule has 0 heterocycles. The molecule has 150 valence electrons. The van der Waals surface area contributed by atoms with E-state index in [0.717, 1.165) is 17.7 Å². The number of esters is 1. The number of hydrogen-bond acceptors (Lipinski definition) is 6. The Balaban J connectivity index is 1.86. The molecule has 0 spiro atoms. The summed E-state index contributed by atoms with van der Waals surface area (Å²) < 4.78 is 10.2. The largest absolute Gasteiger partial charge is 0.490 e. The molecule has 0 saturated carbocycles. The van der Waals surface area contributed by atoms with Crippen LogP contribution in [0.2, 0.25) is 5.02 Å². The number of anilines is 1. The molecule has 0 atom stereocenters. The molecule has 0 saturated heterocycles. The van der Waals surface area contributed by atoms with Crippen LogP contribution in [0.25, 0.3) is 6.08 Å². The van der Waals surface area contributed by atoms with Crippen molar-refractivity contribution in [3.05, 3.63) is 81.9 Å². The number of ether oxygens (including phenoxy) is 2. The lowest BCUT2D eigenvalue weighted by molar-refractivity contribution is -0.383. The summed E-state index contributed by atoms with van der Waals surface area (Å²) in [6, 6.07) is 10.8. The normalized spacial score (nSPS) is 10.4. The quantitative estimate of drug-likeness (QED) is 0.217. The molecule has 1 amide bonds. The van der Waals surface area contributed by atoms with Gasteiger partial charge in [0.05, 0.1) is 4.92 Å². The number of rotatable bonds is 9. The van der Waals surface area contributed by atoms with Crippen LogP contribution in [0.15, 0.2) is 61.2 Å². The minimum absolute atomic E-state index is 0.0465. The third-order valence-corrected chi connectivity index (χ3v) is 3.67. The summed E-state index contributed by atoms with van der Waals surface area (Å²) in [5, 5.41) is 13.5. The number of amides is 1. The Morgan fingerprint density at radius 2 is 1.93 bits per heavy atom. The van der Waals surface area contributed by atoms with Gasteiger partial charge in [-0.3, -0.25) is 14.9 Å². The van der Waals surface area contributed by atoms with Gasteiger partial charge >= 0.3 is 5.97 Å². The number of hydrogen-bond donors (Lipinski definition) is 1. The predicted octanol–water partition coefficient (Wildman–Crippen LogP) is 4.01. The maximum absolute atomic E-state index is 11.9. The van der Waals surface area contributed by atoms with Gasteiger partial charge in [-0.25, -0.2) is 4.79 Å². The Kier molecular flexibility index (Phi) is 7.93. The first kappa shape index (κ1) is 21.6. The highest BCUT2D eigenvalue weighted by Gasteiger charge is 2.17. The van der Waals surface area contributed by atoms with Crippen molar-refractivity contribution in [1.29, 1.82) is 0 Å². The van der Waals surface area contributed by atoms with Crippen LogP contribution in [0.3, 0.4) is 0 Å². The van der Waals surface area contributed by atoms with Gasteiger partial charge in [-0.2, -0.15) is 0 Å². The molecular formula is C20H17ClN2O6. The standard InChI is InChI=1S/C20H17ClN2O6/c1-2-11-28-16-7-3-14(4-8-16)5-10-20(25)29-13-19(24)22-17-9-6-15(21)12-18(17)23(26)27/h2-10,12H,1,11,13H2,(H,22,24)/b10-5+. The molecule has 9 heteroatoms. The molecular weight excluding hydrogens is 400 g/mol. The topological polar surface area (TPSA) is 108 Å². The molecule has 29 heavy (non-hydrogen) atoms. The van der Waals surface area contributed by atoms with Gasteiger partial charge in [-0.15, -0.1) is 0 Å². The minimum atomic E-state index is -0.738. The fourth-order valence-electron chi connectivity index (χ4n) is 2.13. The summed E-state index contributed by atoms with van der Waals surface area (Å²) in [5.41, 5.74) is 0.321. The molecule has 0 aromatic heterocycles. The first-order valence-electron chi connectivity index (χ1n) is 8.31. The summed E-state index contributed by atoms with van der Waals surface area (Å²) in [4.78, 5) is 34.0. The second kappa shape index (κ2) is 10.6. The Morgan fingerprint density at radius 3 is 2.59 bits per heavy atom. The van der Waals surface area contributed by atoms with Gasteiger partial charge in [0.15, 0.2) is 6.61 Å². The van der Waals surface area contributed by atoms with Crippen molar-refractivity contribution in [1.82, 2.24) is 0 Å². The lowest BCUT2D eigenvalue weighted by atomic mass is 10.2. The molecule has 2 rings (SSSR count). The van der Waals surface area contributed by atoms with Gasteiger partial charge in [0, 0.05) is 17.2 Å². The molecule has 2 aromatic carbocycles. The van der Waals surface area contributed by atoms with Crippen LogP contribution in [-0.2, 0) is 14.3 Å². The van der Waals surface area contributed by atoms with Crippen molar-refractivity contribution in [2.75, 3.05) is 18.5 Å². The molecule has 0 bridgehead atoms. The number of nitro groups is 1. The van der Waals surface area contributed by atoms with E-state index in [9.17, 15) is 19.7 Å². The van der Waals surface area contributed by atoms with Crippen molar-refractivity contribution in [2.24, 2.45) is 0 Å². The highest BCUT2D eigenvalue weighted by molar-refractivity contribution is 6.31. The van der Waals surface area contributed by atoms with Gasteiger partial charge in [-0.1, -0.05) is 36.4 Å². The van der Waals surface area contributed by atoms with Crippen LogP contribution < -0.4 is 10.1 Å². The van der Waals surface area contributed by atoms with Gasteiger partial charge in [-0.05, 0) is 35.9 Å². The SMILES string of the molecule is C=CCOc1ccc(/C=C/C(=O)OCC(=O)Nc2ccc(Cl)cc2[N+](=O)[O-])cc1. The molecule has 0 radical (unpaired) electrons. The van der Waals surface area contributed by atoms with E-state index in [1.807, 2.05) is 0 Å². The maximum atomic E-state index is 11.9. The van der Waals surface area contributed by atoms with Crippen molar-refractivity contribution in [2.45, 2.75) is 0 Å². The van der Waals surface area contributed by atoms with E-state index >= 15 is 0 Å². The summed E-state index contributed by atoms with van der Waals surface area (Å²) in [5.74, 6) is -0.795. The van der Waals surface area contributed by atoms with E-state index in [-0.39, 0.29) is 16.4 Å². The highest BCUT2D eigenvalue weighted by Crippen LogP contribution is 2.27. The summed E-state index contributed by atoms with van der Waals surface area (Å²) in [7, 11) is 0. The molecule has 2 aromatic rings. The van der Waals surface area contributed by atoms with E-state index in [2.05, 4.69) is 11.9 Å². The zero-order valence-corrected chi connectivity index (χ0v) is 15.9. The Hall–Kier alpha value is -3.65. The van der Waals surface area contributed by atoms with Crippen LogP contribution in [0.1, 0.15) is 5.56 Å². The average molecular weight is 417 g/mol. The molecule has 0 aliphatic carbocycles. The first-order valence-corrected chi connectivity index (χ1v) is 8.69. The highest BCUT2D eigenvalue weighted by atomic mass is 35.5. The number of benzene rings is 2. The Bertz CT molecular complexity index is 940. The zero-order chi connectivity index (χ0) is 21.2. The summed E-state index contributed by atoms with van der Waals surface area (Å²) in [6.07, 6.45) is 4.31. The van der Waals surface area contributed by atoms with Crippen LogP contribution in [0, 0.1) is 10.1 Å². The Labute approximate surface area is 171 Å². The lowest BCUT2D eigenvalue weighted by Gasteiger charge is -2.06. The predicted molar refractivity (Wildman–Crippen MR) is 109 cm³/mol. The average Bonchev–Trinajstić information content (AvgIpc) is 2.71. The smallest absolute Gasteiger partial charge is 0.331 e. The van der Waals surface area contributed by atoms with Crippen LogP contribution >= 0.6 is 11.6 Å². The van der Waals surface area contributed by atoms with E-state index in [1.54, 1.807) is 30.3 Å². The fraction of sp³-hybridized carbons (Fsp3) is 0.100. The van der Waals surface area contributed by atoms with Gasteiger partial charge in [0.25, 0.3) is 11.6 Å². The molecule has 0 unspecified atom stereocenters. The number of nitro benzene ring substituents is 1. The second-order valence-corrected chi connectivity index (χ2v) is 6.01. The Morgan fingerprint density at radius 1 is 1.21 bits per heavy atom. The van der Waals surface area contributed by atoms with Gasteiger partial charge < -0.3 is 14.8 Å². The monoisotopic (exact) mass is 416 g/mol. The van der Waals surface area contributed by atoms with Crippen LogP contribution in [0.4, 0.5) is 11.4 Å². The number of nitrogens with one attached hydrogen (secondary N) is 1. The fourth-order valence-corrected chi connectivity index (χ4v) is 2.29. The lowest BCUT2D eigenvalue weighted by Crippen LogP contribution is -2.20. The van der Waals surface area contributed by atoms with Gasteiger partial charge in [0.1, 0.15) is 18.0 Å². The molecule has 8 nitrogen and oxygen atoms in total. The molecule has 0 aliphatic rings. The zero-order valence-electron chi connectivity index (χ0n) is 15.2. The van der Waals surface area contributed by atoms with Gasteiger partial charge in [0.2, 0.25) is 0 Å². The van der Waals surface area contributed by atoms with Crippen LogP contribution in [0.5, 0.6) is 5.75 Å². The van der Waals surface area contributed by atoms with E-state index in [4.69, 9.17) is 21.1 Å². The number of halogens is 1. The summed E-state index contributed by atoms with van der Waals surface area (Å²) >= 11 is 5.71. The van der Waals surface area contributed by atoms with E-state index in [0.29, 0.717) is 12.4 Å². The molecule has 0 aliphatic heterocycles. The third kappa shape index (κ3) is 7.11. The second-order valence-electron chi connectivity index (χ2n) is 5.58. The maximum Gasteiger partial charge on any atom is 0.331 e. The van der Waals surface area contributed by atoms with Crippen molar-refractivity contribution >= 4 is 40.9 Å². The van der Waals surface area contributed by atoms with Crippen LogP contribution in [-0.4, -0.2) is 30.0 Å². The summed E-state index contributed by atoms with van der Waals surface area (Å²) in [6.45, 7) is 3.35.